The lowest BCUT2D eigenvalue weighted by atomic mass is 10.0. The molecule has 138 valence electrons. The standard InChI is InChI=1S/C20H16ClNO4S/c1-13(16-8-4-6-14-5-2-3-7-17(14)16)12-27(25,26)22-15-9-10-19(21)18(11-15)20(23)24/h2-11,22H,1,12H2,(H,23,24). The van der Waals surface area contributed by atoms with Crippen molar-refractivity contribution >= 4 is 49.6 Å². The van der Waals surface area contributed by atoms with E-state index < -0.39 is 16.0 Å². The summed E-state index contributed by atoms with van der Waals surface area (Å²) in [6.45, 7) is 3.93. The smallest absolute Gasteiger partial charge is 0.337 e. The summed E-state index contributed by atoms with van der Waals surface area (Å²) in [4.78, 5) is 11.2. The second-order valence-electron chi connectivity index (χ2n) is 5.99. The summed E-state index contributed by atoms with van der Waals surface area (Å²) in [6.07, 6.45) is 0. The number of hydrogen-bond acceptors (Lipinski definition) is 3. The molecule has 0 saturated carbocycles. The van der Waals surface area contributed by atoms with Gasteiger partial charge in [-0.25, -0.2) is 13.2 Å². The molecule has 0 amide bonds. The average Bonchev–Trinajstić information content (AvgIpc) is 2.62. The van der Waals surface area contributed by atoms with Crippen LogP contribution in [0.1, 0.15) is 15.9 Å². The van der Waals surface area contributed by atoms with Crippen molar-refractivity contribution in [2.45, 2.75) is 0 Å². The van der Waals surface area contributed by atoms with Crippen LogP contribution in [0.3, 0.4) is 0 Å². The molecular weight excluding hydrogens is 386 g/mol. The molecule has 7 heteroatoms. The molecule has 3 rings (SSSR count). The summed E-state index contributed by atoms with van der Waals surface area (Å²) in [7, 11) is -3.79. The van der Waals surface area contributed by atoms with E-state index in [0.717, 1.165) is 16.3 Å². The van der Waals surface area contributed by atoms with Gasteiger partial charge in [0.1, 0.15) is 0 Å². The molecule has 0 radical (unpaired) electrons. The molecule has 3 aromatic rings. The lowest BCUT2D eigenvalue weighted by molar-refractivity contribution is 0.0697. The minimum absolute atomic E-state index is 0.0330. The van der Waals surface area contributed by atoms with Crippen molar-refractivity contribution < 1.29 is 18.3 Å². The van der Waals surface area contributed by atoms with E-state index >= 15 is 0 Å². The highest BCUT2D eigenvalue weighted by Gasteiger charge is 2.17. The Hall–Kier alpha value is -2.83. The number of fused-ring (bicyclic) bond motifs is 1. The number of sulfonamides is 1. The topological polar surface area (TPSA) is 83.5 Å². The van der Waals surface area contributed by atoms with E-state index in [2.05, 4.69) is 11.3 Å². The highest BCUT2D eigenvalue weighted by Crippen LogP contribution is 2.26. The van der Waals surface area contributed by atoms with Crippen LogP contribution in [0.4, 0.5) is 5.69 Å². The number of aromatic carboxylic acids is 1. The van der Waals surface area contributed by atoms with Gasteiger partial charge in [-0.2, -0.15) is 0 Å². The molecule has 3 aromatic carbocycles. The number of hydrogen-bond donors (Lipinski definition) is 2. The van der Waals surface area contributed by atoms with Gasteiger partial charge in [0.05, 0.1) is 16.3 Å². The summed E-state index contributed by atoms with van der Waals surface area (Å²) < 4.78 is 27.4. The molecule has 0 aromatic heterocycles. The third-order valence-corrected chi connectivity index (χ3v) is 5.61. The minimum Gasteiger partial charge on any atom is -0.478 e. The number of carbonyl (C=O) groups is 1. The molecule has 5 nitrogen and oxygen atoms in total. The van der Waals surface area contributed by atoms with Gasteiger partial charge >= 0.3 is 5.97 Å². The lowest BCUT2D eigenvalue weighted by Gasteiger charge is -2.13. The Morgan fingerprint density at radius 3 is 2.48 bits per heavy atom. The summed E-state index contributed by atoms with van der Waals surface area (Å²) >= 11 is 5.81. The van der Waals surface area contributed by atoms with Crippen LogP contribution in [0.5, 0.6) is 0 Å². The first kappa shape index (κ1) is 18.9. The molecule has 0 heterocycles. The second kappa shape index (κ2) is 7.42. The number of carboxylic acids is 1. The summed E-state index contributed by atoms with van der Waals surface area (Å²) in [5.74, 6) is -1.56. The van der Waals surface area contributed by atoms with Crippen LogP contribution < -0.4 is 4.72 Å². The molecule has 0 bridgehead atoms. The van der Waals surface area contributed by atoms with Crippen molar-refractivity contribution in [1.29, 1.82) is 0 Å². The van der Waals surface area contributed by atoms with Crippen molar-refractivity contribution in [2.75, 3.05) is 10.5 Å². The molecule has 0 fully saturated rings. The van der Waals surface area contributed by atoms with E-state index in [1.807, 2.05) is 42.5 Å². The first-order chi connectivity index (χ1) is 12.8. The van der Waals surface area contributed by atoms with E-state index in [-0.39, 0.29) is 22.0 Å². The predicted molar refractivity (Wildman–Crippen MR) is 109 cm³/mol. The van der Waals surface area contributed by atoms with Crippen molar-refractivity contribution in [3.05, 3.63) is 83.4 Å². The van der Waals surface area contributed by atoms with E-state index in [1.54, 1.807) is 0 Å². The molecule has 0 spiro atoms. The fourth-order valence-corrected chi connectivity index (χ4v) is 4.18. The van der Waals surface area contributed by atoms with Crippen LogP contribution in [0.15, 0.2) is 67.2 Å². The Morgan fingerprint density at radius 2 is 1.74 bits per heavy atom. The van der Waals surface area contributed by atoms with Crippen molar-refractivity contribution in [3.8, 4) is 0 Å². The third-order valence-electron chi connectivity index (χ3n) is 4.00. The van der Waals surface area contributed by atoms with E-state index in [4.69, 9.17) is 16.7 Å². The Morgan fingerprint density at radius 1 is 1.04 bits per heavy atom. The molecule has 2 N–H and O–H groups in total. The van der Waals surface area contributed by atoms with Crippen molar-refractivity contribution in [3.63, 3.8) is 0 Å². The monoisotopic (exact) mass is 401 g/mol. The summed E-state index contributed by atoms with van der Waals surface area (Å²) in [6, 6.07) is 17.2. The molecule has 0 saturated heterocycles. The molecule has 0 aliphatic carbocycles. The van der Waals surface area contributed by atoms with Gasteiger partial charge in [0.2, 0.25) is 10.0 Å². The zero-order chi connectivity index (χ0) is 19.6. The van der Waals surface area contributed by atoms with E-state index in [9.17, 15) is 13.2 Å². The normalized spacial score (nSPS) is 11.3. The number of anilines is 1. The Bertz CT molecular complexity index is 1150. The van der Waals surface area contributed by atoms with E-state index in [1.165, 1.54) is 18.2 Å². The first-order valence-electron chi connectivity index (χ1n) is 7.96. The van der Waals surface area contributed by atoms with Crippen LogP contribution in [-0.4, -0.2) is 25.2 Å². The van der Waals surface area contributed by atoms with Crippen molar-refractivity contribution in [1.82, 2.24) is 0 Å². The maximum Gasteiger partial charge on any atom is 0.337 e. The van der Waals surface area contributed by atoms with Crippen LogP contribution in [0.2, 0.25) is 5.02 Å². The maximum absolute atomic E-state index is 12.5. The van der Waals surface area contributed by atoms with E-state index in [0.29, 0.717) is 5.57 Å². The quantitative estimate of drug-likeness (QED) is 0.629. The predicted octanol–water partition coefficient (Wildman–Crippen LogP) is 4.65. The fourth-order valence-electron chi connectivity index (χ4n) is 2.81. The van der Waals surface area contributed by atoms with Gasteiger partial charge in [-0.05, 0) is 40.1 Å². The minimum atomic E-state index is -3.79. The molecule has 0 aliphatic heterocycles. The SMILES string of the molecule is C=C(CS(=O)(=O)Nc1ccc(Cl)c(C(=O)O)c1)c1cccc2ccccc12. The highest BCUT2D eigenvalue weighted by molar-refractivity contribution is 7.93. The van der Waals surface area contributed by atoms with Gasteiger partial charge in [-0.3, -0.25) is 4.72 Å². The zero-order valence-electron chi connectivity index (χ0n) is 14.1. The molecule has 0 atom stereocenters. The van der Waals surface area contributed by atoms with Crippen LogP contribution in [0, 0.1) is 0 Å². The zero-order valence-corrected chi connectivity index (χ0v) is 15.7. The second-order valence-corrected chi connectivity index (χ2v) is 8.12. The van der Waals surface area contributed by atoms with Crippen LogP contribution in [-0.2, 0) is 10.0 Å². The average molecular weight is 402 g/mol. The summed E-state index contributed by atoms with van der Waals surface area (Å²) in [5.41, 5.74) is 1.14. The Labute approximate surface area is 162 Å². The number of nitrogens with one attached hydrogen (secondary N) is 1. The number of benzene rings is 3. The first-order valence-corrected chi connectivity index (χ1v) is 9.99. The maximum atomic E-state index is 12.5. The van der Waals surface area contributed by atoms with Gasteiger partial charge in [0, 0.05) is 5.69 Å². The Balaban J connectivity index is 1.85. The van der Waals surface area contributed by atoms with Crippen LogP contribution >= 0.6 is 11.6 Å². The fraction of sp³-hybridized carbons (Fsp3) is 0.0500. The molecule has 0 aliphatic rings. The number of carboxylic acid groups (broad SMARTS) is 1. The summed E-state index contributed by atoms with van der Waals surface area (Å²) in [5, 5.41) is 11.0. The number of rotatable bonds is 6. The lowest BCUT2D eigenvalue weighted by Crippen LogP contribution is -2.18. The van der Waals surface area contributed by atoms with Gasteiger partial charge in [-0.15, -0.1) is 0 Å². The van der Waals surface area contributed by atoms with Gasteiger partial charge in [-0.1, -0.05) is 60.6 Å². The third kappa shape index (κ3) is 4.30. The van der Waals surface area contributed by atoms with Crippen LogP contribution in [0.25, 0.3) is 16.3 Å². The van der Waals surface area contributed by atoms with Gasteiger partial charge in [0.25, 0.3) is 0 Å². The van der Waals surface area contributed by atoms with Gasteiger partial charge < -0.3 is 5.11 Å². The molecular formula is C20H16ClNO4S. The Kier molecular flexibility index (Phi) is 5.21. The van der Waals surface area contributed by atoms with Crippen molar-refractivity contribution in [2.24, 2.45) is 0 Å². The van der Waals surface area contributed by atoms with Gasteiger partial charge in [0.15, 0.2) is 0 Å². The highest BCUT2D eigenvalue weighted by atomic mass is 35.5. The largest absolute Gasteiger partial charge is 0.478 e. The molecule has 27 heavy (non-hydrogen) atoms. The molecule has 0 unspecified atom stereocenters. The number of halogens is 1.